The molecule has 1 amide bonds. The molecular formula is C10H18N2O5. The van der Waals surface area contributed by atoms with E-state index in [0.717, 1.165) is 0 Å². The van der Waals surface area contributed by atoms with Crippen molar-refractivity contribution in [3.63, 3.8) is 0 Å². The third-order valence-electron chi connectivity index (χ3n) is 1.71. The van der Waals surface area contributed by atoms with Gasteiger partial charge in [0.25, 0.3) is 0 Å². The van der Waals surface area contributed by atoms with E-state index in [1.165, 1.54) is 13.8 Å². The van der Waals surface area contributed by atoms with E-state index in [-0.39, 0.29) is 32.1 Å². The highest BCUT2D eigenvalue weighted by atomic mass is 16.5. The highest BCUT2D eigenvalue weighted by Gasteiger charge is 2.15. The first kappa shape index (κ1) is 15.4. The van der Waals surface area contributed by atoms with Crippen LogP contribution in [0.15, 0.2) is 0 Å². The molecule has 7 nitrogen and oxygen atoms in total. The molecule has 0 fully saturated rings. The maximum absolute atomic E-state index is 11.3. The van der Waals surface area contributed by atoms with Crippen LogP contribution in [0.1, 0.15) is 20.3 Å². The first-order valence-corrected chi connectivity index (χ1v) is 5.21. The standard InChI is InChI=1S/C10H18N2O5/c1-7(13)16-5-9(6-17-8(2)14)12-10(15)3-4-11/h9H,3-6,11H2,1-2H3,(H,12,15). The van der Waals surface area contributed by atoms with Crippen LogP contribution in [-0.2, 0) is 23.9 Å². The van der Waals surface area contributed by atoms with Crippen molar-refractivity contribution >= 4 is 17.8 Å². The molecule has 0 radical (unpaired) electrons. The van der Waals surface area contributed by atoms with Crippen LogP contribution in [0.5, 0.6) is 0 Å². The third-order valence-corrected chi connectivity index (χ3v) is 1.71. The Bertz CT molecular complexity index is 262. The number of carbonyl (C=O) groups is 3. The fraction of sp³-hybridized carbons (Fsp3) is 0.700. The average molecular weight is 246 g/mol. The Morgan fingerprint density at radius 1 is 1.12 bits per heavy atom. The maximum Gasteiger partial charge on any atom is 0.302 e. The number of carbonyl (C=O) groups excluding carboxylic acids is 3. The molecule has 0 rings (SSSR count). The number of esters is 2. The zero-order valence-corrected chi connectivity index (χ0v) is 10.0. The van der Waals surface area contributed by atoms with Crippen LogP contribution in [0.3, 0.4) is 0 Å². The van der Waals surface area contributed by atoms with Gasteiger partial charge < -0.3 is 20.5 Å². The molecule has 0 aromatic carbocycles. The van der Waals surface area contributed by atoms with E-state index in [1.54, 1.807) is 0 Å². The minimum absolute atomic E-state index is 0.0427. The van der Waals surface area contributed by atoms with Crippen molar-refractivity contribution in [1.29, 1.82) is 0 Å². The first-order valence-electron chi connectivity index (χ1n) is 5.21. The highest BCUT2D eigenvalue weighted by Crippen LogP contribution is 1.92. The van der Waals surface area contributed by atoms with Gasteiger partial charge in [0.15, 0.2) is 0 Å². The number of ether oxygens (including phenoxy) is 2. The van der Waals surface area contributed by atoms with Gasteiger partial charge in [-0.2, -0.15) is 0 Å². The van der Waals surface area contributed by atoms with Crippen LogP contribution in [0.25, 0.3) is 0 Å². The summed E-state index contributed by atoms with van der Waals surface area (Å²) in [4.78, 5) is 32.5. The zero-order valence-electron chi connectivity index (χ0n) is 10.0. The van der Waals surface area contributed by atoms with Gasteiger partial charge >= 0.3 is 11.9 Å². The van der Waals surface area contributed by atoms with Gasteiger partial charge in [0.1, 0.15) is 13.2 Å². The molecule has 0 heterocycles. The summed E-state index contributed by atoms with van der Waals surface area (Å²) in [5.74, 6) is -1.21. The predicted molar refractivity (Wildman–Crippen MR) is 58.9 cm³/mol. The number of hydrogen-bond donors (Lipinski definition) is 2. The Kier molecular flexibility index (Phi) is 7.70. The molecule has 3 N–H and O–H groups in total. The van der Waals surface area contributed by atoms with Gasteiger partial charge in [-0.15, -0.1) is 0 Å². The molecule has 0 bridgehead atoms. The number of rotatable bonds is 7. The van der Waals surface area contributed by atoms with Crippen molar-refractivity contribution in [2.45, 2.75) is 26.3 Å². The second kappa shape index (κ2) is 8.51. The molecule has 0 aliphatic heterocycles. The van der Waals surface area contributed by atoms with Crippen molar-refractivity contribution in [3.05, 3.63) is 0 Å². The lowest BCUT2D eigenvalue weighted by Gasteiger charge is -2.17. The van der Waals surface area contributed by atoms with Gasteiger partial charge in [-0.1, -0.05) is 0 Å². The number of nitrogens with two attached hydrogens (primary N) is 1. The fourth-order valence-electron chi connectivity index (χ4n) is 0.998. The molecule has 17 heavy (non-hydrogen) atoms. The molecule has 0 saturated carbocycles. The summed E-state index contributed by atoms with van der Waals surface area (Å²) in [6, 6.07) is -0.554. The molecule has 0 unspecified atom stereocenters. The molecule has 98 valence electrons. The van der Waals surface area contributed by atoms with Gasteiger partial charge in [0, 0.05) is 26.8 Å². The Morgan fingerprint density at radius 2 is 1.59 bits per heavy atom. The van der Waals surface area contributed by atoms with E-state index in [1.807, 2.05) is 0 Å². The summed E-state index contributed by atoms with van der Waals surface area (Å²) >= 11 is 0. The highest BCUT2D eigenvalue weighted by molar-refractivity contribution is 5.76. The molecule has 0 spiro atoms. The van der Waals surface area contributed by atoms with E-state index in [0.29, 0.717) is 0 Å². The summed E-state index contributed by atoms with van der Waals surface area (Å²) in [6.07, 6.45) is 0.163. The molecule has 0 aromatic heterocycles. The number of amides is 1. The number of nitrogens with one attached hydrogen (secondary N) is 1. The van der Waals surface area contributed by atoms with E-state index in [9.17, 15) is 14.4 Å². The Hall–Kier alpha value is -1.63. The Balaban J connectivity index is 4.13. The largest absolute Gasteiger partial charge is 0.464 e. The zero-order chi connectivity index (χ0) is 13.3. The van der Waals surface area contributed by atoms with Crippen molar-refractivity contribution in [2.75, 3.05) is 19.8 Å². The van der Waals surface area contributed by atoms with Gasteiger partial charge in [-0.3, -0.25) is 14.4 Å². The summed E-state index contributed by atoms with van der Waals surface area (Å²) < 4.78 is 9.48. The fourth-order valence-corrected chi connectivity index (χ4v) is 0.998. The third kappa shape index (κ3) is 9.31. The first-order chi connectivity index (χ1) is 7.95. The van der Waals surface area contributed by atoms with Crippen molar-refractivity contribution in [1.82, 2.24) is 5.32 Å². The van der Waals surface area contributed by atoms with Gasteiger partial charge in [-0.05, 0) is 0 Å². The van der Waals surface area contributed by atoms with Crippen LogP contribution in [0.4, 0.5) is 0 Å². The summed E-state index contributed by atoms with van der Waals surface area (Å²) in [5, 5.41) is 2.56. The molecule has 0 aromatic rings. The Morgan fingerprint density at radius 3 is 1.94 bits per heavy atom. The van der Waals surface area contributed by atoms with E-state index < -0.39 is 18.0 Å². The average Bonchev–Trinajstić information content (AvgIpc) is 2.22. The molecule has 7 heteroatoms. The minimum atomic E-state index is -0.554. The molecule has 0 aliphatic rings. The Labute approximate surface area is 99.6 Å². The van der Waals surface area contributed by atoms with E-state index in [4.69, 9.17) is 15.2 Å². The van der Waals surface area contributed by atoms with Crippen molar-refractivity contribution < 1.29 is 23.9 Å². The van der Waals surface area contributed by atoms with Crippen molar-refractivity contribution in [3.8, 4) is 0 Å². The van der Waals surface area contributed by atoms with Crippen LogP contribution >= 0.6 is 0 Å². The SMILES string of the molecule is CC(=O)OCC(COC(C)=O)NC(=O)CCN. The summed E-state index contributed by atoms with van der Waals surface area (Å²) in [5.41, 5.74) is 5.22. The lowest BCUT2D eigenvalue weighted by molar-refractivity contribution is -0.146. The van der Waals surface area contributed by atoms with Crippen LogP contribution in [0, 0.1) is 0 Å². The quantitative estimate of drug-likeness (QED) is 0.555. The monoisotopic (exact) mass is 246 g/mol. The normalized spacial score (nSPS) is 9.88. The van der Waals surface area contributed by atoms with Gasteiger partial charge in [0.05, 0.1) is 6.04 Å². The smallest absolute Gasteiger partial charge is 0.302 e. The summed E-state index contributed by atoms with van der Waals surface area (Å²) in [6.45, 7) is 2.65. The maximum atomic E-state index is 11.3. The van der Waals surface area contributed by atoms with Gasteiger partial charge in [-0.25, -0.2) is 0 Å². The van der Waals surface area contributed by atoms with Crippen molar-refractivity contribution in [2.24, 2.45) is 5.73 Å². The lowest BCUT2D eigenvalue weighted by atomic mass is 10.3. The molecular weight excluding hydrogens is 228 g/mol. The lowest BCUT2D eigenvalue weighted by Crippen LogP contribution is -2.42. The van der Waals surface area contributed by atoms with Crippen LogP contribution in [-0.4, -0.2) is 43.6 Å². The van der Waals surface area contributed by atoms with Gasteiger partial charge in [0.2, 0.25) is 5.91 Å². The second-order valence-electron chi connectivity index (χ2n) is 3.41. The summed E-state index contributed by atoms with van der Waals surface area (Å²) in [7, 11) is 0. The molecule has 0 aliphatic carbocycles. The topological polar surface area (TPSA) is 108 Å². The number of hydrogen-bond acceptors (Lipinski definition) is 6. The van der Waals surface area contributed by atoms with E-state index in [2.05, 4.69) is 5.32 Å². The van der Waals surface area contributed by atoms with Crippen LogP contribution < -0.4 is 11.1 Å². The van der Waals surface area contributed by atoms with E-state index >= 15 is 0 Å². The minimum Gasteiger partial charge on any atom is -0.464 e. The predicted octanol–water partition coefficient (Wildman–Crippen LogP) is -1.05. The van der Waals surface area contributed by atoms with Crippen LogP contribution in [0.2, 0.25) is 0 Å². The molecule has 0 atom stereocenters. The second-order valence-corrected chi connectivity index (χ2v) is 3.41. The molecule has 0 saturated heterocycles.